The number of nitrogens with zero attached hydrogens (tertiary/aromatic N) is 5. The van der Waals surface area contributed by atoms with E-state index in [1.54, 1.807) is 4.57 Å². The number of allylic oxidation sites excluding steroid dienone is 1. The average Bonchev–Trinajstić information content (AvgIpc) is 3.54. The number of aryl methyl sites for hydroxylation is 2. The number of H-pyrrole nitrogens is 1. The molecule has 0 unspecified atom stereocenters. The molecule has 0 amide bonds. The molecule has 6 rings (SSSR count). The highest BCUT2D eigenvalue weighted by Gasteiger charge is 2.44. The maximum Gasteiger partial charge on any atom is 0.167 e. The van der Waals surface area contributed by atoms with Gasteiger partial charge in [-0.3, -0.25) is 4.57 Å². The van der Waals surface area contributed by atoms with Crippen molar-refractivity contribution < 1.29 is 14.9 Å². The van der Waals surface area contributed by atoms with E-state index in [-0.39, 0.29) is 11.2 Å². The van der Waals surface area contributed by atoms with Gasteiger partial charge in [-0.25, -0.2) is 19.9 Å². The van der Waals surface area contributed by atoms with Crippen LogP contribution in [0.2, 0.25) is 0 Å². The van der Waals surface area contributed by atoms with Crippen LogP contribution in [0.15, 0.2) is 18.2 Å². The van der Waals surface area contributed by atoms with Gasteiger partial charge in [-0.1, -0.05) is 26.3 Å². The first-order chi connectivity index (χ1) is 18.2. The minimum Gasteiger partial charge on any atom is -0.387 e. The highest BCUT2D eigenvalue weighted by atomic mass is 16.6. The normalized spacial score (nSPS) is 29.3. The van der Waals surface area contributed by atoms with Crippen molar-refractivity contribution in [3.8, 4) is 0 Å². The van der Waals surface area contributed by atoms with Gasteiger partial charge in [0.1, 0.15) is 36.0 Å². The summed E-state index contributed by atoms with van der Waals surface area (Å²) < 4.78 is 7.64. The van der Waals surface area contributed by atoms with Gasteiger partial charge in [-0.2, -0.15) is 0 Å². The third-order valence-corrected chi connectivity index (χ3v) is 8.41. The lowest BCUT2D eigenvalue weighted by atomic mass is 9.77. The van der Waals surface area contributed by atoms with Gasteiger partial charge in [0, 0.05) is 24.7 Å². The van der Waals surface area contributed by atoms with Crippen molar-refractivity contribution in [3.05, 3.63) is 35.4 Å². The summed E-state index contributed by atoms with van der Waals surface area (Å²) in [6.45, 7) is 7.27. The molecule has 0 radical (unpaired) electrons. The van der Waals surface area contributed by atoms with Gasteiger partial charge >= 0.3 is 0 Å². The van der Waals surface area contributed by atoms with Crippen LogP contribution < -0.4 is 11.1 Å². The number of nitrogen functional groups attached to an aromatic ring is 1. The van der Waals surface area contributed by atoms with Crippen LogP contribution in [0, 0.1) is 11.3 Å². The minimum absolute atomic E-state index is 0.195. The van der Waals surface area contributed by atoms with Gasteiger partial charge in [-0.15, -0.1) is 0 Å². The first-order valence-corrected chi connectivity index (χ1v) is 13.6. The fourth-order valence-electron chi connectivity index (χ4n) is 5.94. The Balaban J connectivity index is 0.972. The van der Waals surface area contributed by atoms with E-state index >= 15 is 0 Å². The number of ether oxygens (including phenoxy) is 1. The van der Waals surface area contributed by atoms with Gasteiger partial charge in [0.05, 0.1) is 12.0 Å². The highest BCUT2D eigenvalue weighted by molar-refractivity contribution is 5.81. The number of aromatic amines is 1. The molecule has 3 aromatic rings. The molecule has 6 N–H and O–H groups in total. The number of hydrogen-bond acceptors (Lipinski definition) is 9. The molecule has 3 aliphatic rings. The highest BCUT2D eigenvalue weighted by Crippen LogP contribution is 2.36. The quantitative estimate of drug-likeness (QED) is 0.313. The molecule has 0 bridgehead atoms. The van der Waals surface area contributed by atoms with Crippen molar-refractivity contribution in [2.24, 2.45) is 11.3 Å². The predicted octanol–water partition coefficient (Wildman–Crippen LogP) is 2.13. The fourth-order valence-corrected chi connectivity index (χ4v) is 5.94. The first kappa shape index (κ1) is 25.4. The second-order valence-corrected chi connectivity index (χ2v) is 12.1. The number of aliphatic hydroxyl groups is 2. The number of rotatable bonds is 7. The summed E-state index contributed by atoms with van der Waals surface area (Å²) in [6, 6.07) is 0.385. The Kier molecular flexibility index (Phi) is 6.50. The van der Waals surface area contributed by atoms with Crippen LogP contribution in [-0.4, -0.2) is 70.6 Å². The number of aromatic nitrogens is 6. The molecule has 4 atom stereocenters. The van der Waals surface area contributed by atoms with Crippen LogP contribution in [-0.2, 0) is 17.6 Å². The van der Waals surface area contributed by atoms with Crippen molar-refractivity contribution in [3.63, 3.8) is 0 Å². The Morgan fingerprint density at radius 3 is 2.76 bits per heavy atom. The summed E-state index contributed by atoms with van der Waals surface area (Å²) in [5.74, 6) is 2.02. The zero-order valence-electron chi connectivity index (χ0n) is 22.3. The number of anilines is 1. The monoisotopic (exact) mass is 522 g/mol. The maximum absolute atomic E-state index is 10.7. The maximum atomic E-state index is 10.7. The summed E-state index contributed by atoms with van der Waals surface area (Å²) in [5.41, 5.74) is 10.9. The molecule has 1 saturated carbocycles. The summed E-state index contributed by atoms with van der Waals surface area (Å²) in [7, 11) is 0. The van der Waals surface area contributed by atoms with Crippen molar-refractivity contribution in [2.75, 3.05) is 12.3 Å². The second-order valence-electron chi connectivity index (χ2n) is 12.1. The molecule has 2 fully saturated rings. The van der Waals surface area contributed by atoms with Crippen LogP contribution in [0.25, 0.3) is 17.2 Å². The number of imidazole rings is 2. The van der Waals surface area contributed by atoms with Gasteiger partial charge in [0.15, 0.2) is 17.7 Å². The van der Waals surface area contributed by atoms with E-state index in [1.165, 1.54) is 23.9 Å². The molecular weight excluding hydrogens is 484 g/mol. The molecule has 38 heavy (non-hydrogen) atoms. The molecular formula is C27H38N8O3. The van der Waals surface area contributed by atoms with E-state index in [0.717, 1.165) is 50.0 Å². The Labute approximate surface area is 221 Å². The lowest BCUT2D eigenvalue weighted by Crippen LogP contribution is -2.46. The Bertz CT molecular complexity index is 1340. The van der Waals surface area contributed by atoms with Gasteiger partial charge in [-0.05, 0) is 49.5 Å². The molecule has 0 aromatic carbocycles. The van der Waals surface area contributed by atoms with Crippen molar-refractivity contribution >= 4 is 23.1 Å². The number of aliphatic hydroxyl groups excluding tert-OH is 2. The summed E-state index contributed by atoms with van der Waals surface area (Å²) in [4.78, 5) is 20.8. The van der Waals surface area contributed by atoms with Gasteiger partial charge in [0.25, 0.3) is 0 Å². The number of nitrogens with one attached hydrogen (secondary N) is 2. The first-order valence-electron chi connectivity index (χ1n) is 13.6. The third-order valence-electron chi connectivity index (χ3n) is 8.41. The van der Waals surface area contributed by atoms with Crippen molar-refractivity contribution in [2.45, 2.75) is 89.9 Å². The largest absolute Gasteiger partial charge is 0.387 e. The zero-order chi connectivity index (χ0) is 26.6. The van der Waals surface area contributed by atoms with Crippen LogP contribution in [0.1, 0.15) is 69.9 Å². The Morgan fingerprint density at radius 1 is 1.16 bits per heavy atom. The molecule has 0 spiro atoms. The van der Waals surface area contributed by atoms with Crippen LogP contribution in [0.3, 0.4) is 0 Å². The molecule has 1 saturated heterocycles. The fraction of sp³-hybridized carbons (Fsp3) is 0.630. The molecule has 3 aromatic heterocycles. The lowest BCUT2D eigenvalue weighted by Gasteiger charge is -2.36. The number of nitrogens with two attached hydrogens (primary N) is 1. The number of fused-ring (bicyclic) bond motifs is 2. The van der Waals surface area contributed by atoms with E-state index in [9.17, 15) is 10.2 Å². The summed E-state index contributed by atoms with van der Waals surface area (Å²) >= 11 is 0. The Hall–Kier alpha value is -2.86. The summed E-state index contributed by atoms with van der Waals surface area (Å²) in [5, 5.41) is 24.8. The van der Waals surface area contributed by atoms with Crippen LogP contribution >= 0.6 is 0 Å². The van der Waals surface area contributed by atoms with Crippen molar-refractivity contribution in [1.82, 2.24) is 34.8 Å². The van der Waals surface area contributed by atoms with Gasteiger partial charge in [0.2, 0.25) is 0 Å². The molecule has 11 nitrogen and oxygen atoms in total. The summed E-state index contributed by atoms with van der Waals surface area (Å²) in [6.07, 6.45) is 8.10. The SMILES string of the molecule is CC(C)(C)C1=Cc2nc(CCC3CC(NC[C@H]4O[C@@H](n5cnc6c(N)ncnc65)[C@H](O)[C@@H]4O)C3)[nH]c2CC1. The number of hydrogen-bond donors (Lipinski definition) is 5. The zero-order valence-corrected chi connectivity index (χ0v) is 22.3. The van der Waals surface area contributed by atoms with E-state index in [4.69, 9.17) is 15.5 Å². The molecule has 1 aliphatic heterocycles. The standard InChI is InChI=1S/C27H38N8O3/c1-27(2,3)15-5-6-17-18(10-15)34-20(33-17)7-4-14-8-16(9-14)29-11-19-22(36)23(37)26(38-19)35-13-32-21-24(28)30-12-31-25(21)35/h10,12-14,16,19,22-23,26,29,36-37H,4-9,11H2,1-3H3,(H,33,34)(H2,28,30,31)/t14?,16?,19-,22-,23-,26-/m1/s1. The second kappa shape index (κ2) is 9.71. The molecule has 11 heteroatoms. The van der Waals surface area contributed by atoms with Crippen LogP contribution in [0.5, 0.6) is 0 Å². The van der Waals surface area contributed by atoms with E-state index in [1.807, 2.05) is 0 Å². The minimum atomic E-state index is -1.10. The third kappa shape index (κ3) is 4.72. The average molecular weight is 523 g/mol. The smallest absolute Gasteiger partial charge is 0.167 e. The molecule has 2 aliphatic carbocycles. The van der Waals surface area contributed by atoms with Crippen LogP contribution in [0.4, 0.5) is 5.82 Å². The van der Waals surface area contributed by atoms with Gasteiger partial charge < -0.3 is 31.0 Å². The molecule has 4 heterocycles. The Morgan fingerprint density at radius 2 is 1.97 bits per heavy atom. The van der Waals surface area contributed by atoms with E-state index in [2.05, 4.69) is 52.1 Å². The van der Waals surface area contributed by atoms with Crippen molar-refractivity contribution in [1.29, 1.82) is 0 Å². The predicted molar refractivity (Wildman–Crippen MR) is 143 cm³/mol. The molecule has 204 valence electrons. The topological polar surface area (TPSA) is 160 Å². The van der Waals surface area contributed by atoms with E-state index in [0.29, 0.717) is 29.7 Å². The lowest BCUT2D eigenvalue weighted by molar-refractivity contribution is -0.0357. The van der Waals surface area contributed by atoms with E-state index < -0.39 is 24.5 Å².